The zero-order valence-electron chi connectivity index (χ0n) is 17.6. The first-order valence-electron chi connectivity index (χ1n) is 10.9. The van der Waals surface area contributed by atoms with Gasteiger partial charge in [0.05, 0.1) is 0 Å². The SMILES string of the molecule is C=C1CC(CC)(CC)Cc2ccc(C3=CC(c4cccc(CC)c4)=CC3)cc21. The number of fused-ring (bicyclic) bond motifs is 1. The molecule has 0 aromatic heterocycles. The first kappa shape index (κ1) is 19.0. The minimum atomic E-state index is 0.414. The van der Waals surface area contributed by atoms with Crippen molar-refractivity contribution in [1.82, 2.24) is 0 Å². The Morgan fingerprint density at radius 1 is 0.929 bits per heavy atom. The number of benzene rings is 2. The molecule has 0 unspecified atom stereocenters. The normalized spacial score (nSPS) is 17.9. The Morgan fingerprint density at radius 3 is 2.50 bits per heavy atom. The lowest BCUT2D eigenvalue weighted by Gasteiger charge is -2.38. The van der Waals surface area contributed by atoms with Gasteiger partial charge in [0, 0.05) is 0 Å². The molecule has 28 heavy (non-hydrogen) atoms. The Hall–Kier alpha value is -2.34. The lowest BCUT2D eigenvalue weighted by molar-refractivity contribution is 0.261. The minimum Gasteiger partial charge on any atom is -0.0952 e. The van der Waals surface area contributed by atoms with E-state index in [9.17, 15) is 0 Å². The summed E-state index contributed by atoms with van der Waals surface area (Å²) in [6.45, 7) is 11.3. The van der Waals surface area contributed by atoms with Crippen LogP contribution in [0.25, 0.3) is 16.7 Å². The molecule has 0 bridgehead atoms. The van der Waals surface area contributed by atoms with Gasteiger partial charge in [-0.3, -0.25) is 0 Å². The van der Waals surface area contributed by atoms with Crippen molar-refractivity contribution < 1.29 is 0 Å². The molecule has 0 spiro atoms. The van der Waals surface area contributed by atoms with E-state index < -0.39 is 0 Å². The first-order chi connectivity index (χ1) is 13.6. The molecule has 0 atom stereocenters. The Bertz CT molecular complexity index is 963. The highest BCUT2D eigenvalue weighted by Crippen LogP contribution is 2.46. The summed E-state index contributed by atoms with van der Waals surface area (Å²) in [5.74, 6) is 0. The second-order valence-corrected chi connectivity index (χ2v) is 8.62. The molecule has 0 fully saturated rings. The van der Waals surface area contributed by atoms with Crippen molar-refractivity contribution in [2.45, 2.75) is 59.3 Å². The van der Waals surface area contributed by atoms with Crippen LogP contribution in [-0.4, -0.2) is 0 Å². The molecule has 0 aliphatic heterocycles. The minimum absolute atomic E-state index is 0.414. The van der Waals surface area contributed by atoms with Gasteiger partial charge in [-0.2, -0.15) is 0 Å². The Morgan fingerprint density at radius 2 is 1.75 bits per heavy atom. The van der Waals surface area contributed by atoms with E-state index in [1.807, 2.05) is 0 Å². The number of hydrogen-bond donors (Lipinski definition) is 0. The predicted molar refractivity (Wildman–Crippen MR) is 123 cm³/mol. The van der Waals surface area contributed by atoms with Gasteiger partial charge in [-0.05, 0) is 94.5 Å². The monoisotopic (exact) mass is 368 g/mol. The predicted octanol–water partition coefficient (Wildman–Crippen LogP) is 7.89. The van der Waals surface area contributed by atoms with Gasteiger partial charge in [0.2, 0.25) is 0 Å². The van der Waals surface area contributed by atoms with Crippen molar-refractivity contribution in [3.63, 3.8) is 0 Å². The molecule has 0 N–H and O–H groups in total. The van der Waals surface area contributed by atoms with Gasteiger partial charge in [0.1, 0.15) is 0 Å². The van der Waals surface area contributed by atoms with Gasteiger partial charge in [-0.1, -0.05) is 75.9 Å². The molecular formula is C28H32. The van der Waals surface area contributed by atoms with Crippen LogP contribution in [0.2, 0.25) is 0 Å². The van der Waals surface area contributed by atoms with Crippen LogP contribution in [0.3, 0.4) is 0 Å². The molecule has 0 saturated heterocycles. The van der Waals surface area contributed by atoms with Crippen LogP contribution in [0, 0.1) is 5.41 Å². The van der Waals surface area contributed by atoms with Gasteiger partial charge in [-0.25, -0.2) is 0 Å². The summed E-state index contributed by atoms with van der Waals surface area (Å²) >= 11 is 0. The molecule has 144 valence electrons. The van der Waals surface area contributed by atoms with Gasteiger partial charge in [0.15, 0.2) is 0 Å². The Kier molecular flexibility index (Phi) is 5.15. The van der Waals surface area contributed by atoms with E-state index in [-0.39, 0.29) is 0 Å². The maximum absolute atomic E-state index is 4.46. The van der Waals surface area contributed by atoms with Crippen molar-refractivity contribution in [3.05, 3.63) is 89.0 Å². The average molecular weight is 369 g/mol. The molecule has 0 nitrogen and oxygen atoms in total. The second kappa shape index (κ2) is 7.59. The highest BCUT2D eigenvalue weighted by molar-refractivity contribution is 5.90. The Balaban J connectivity index is 1.62. The zero-order chi connectivity index (χ0) is 19.7. The molecule has 2 aliphatic carbocycles. The fourth-order valence-electron chi connectivity index (χ4n) is 4.92. The summed E-state index contributed by atoms with van der Waals surface area (Å²) in [4.78, 5) is 0. The third kappa shape index (κ3) is 3.41. The molecule has 0 heterocycles. The number of hydrogen-bond acceptors (Lipinski definition) is 0. The second-order valence-electron chi connectivity index (χ2n) is 8.62. The molecule has 4 rings (SSSR count). The molecule has 2 aliphatic rings. The first-order valence-corrected chi connectivity index (χ1v) is 10.9. The van der Waals surface area contributed by atoms with E-state index in [2.05, 4.69) is 82.0 Å². The molecule has 2 aromatic rings. The van der Waals surface area contributed by atoms with Gasteiger partial charge >= 0.3 is 0 Å². The van der Waals surface area contributed by atoms with Crippen molar-refractivity contribution in [3.8, 4) is 0 Å². The summed E-state index contributed by atoms with van der Waals surface area (Å²) in [6.07, 6.45) is 11.7. The van der Waals surface area contributed by atoms with Crippen LogP contribution in [0.4, 0.5) is 0 Å². The van der Waals surface area contributed by atoms with E-state index in [1.54, 1.807) is 0 Å². The van der Waals surface area contributed by atoms with Crippen LogP contribution >= 0.6 is 0 Å². The maximum Gasteiger partial charge on any atom is -0.00821 e. The summed E-state index contributed by atoms with van der Waals surface area (Å²) in [5.41, 5.74) is 11.5. The van der Waals surface area contributed by atoms with Gasteiger partial charge in [-0.15, -0.1) is 0 Å². The average Bonchev–Trinajstić information content (AvgIpc) is 3.24. The van der Waals surface area contributed by atoms with Crippen molar-refractivity contribution in [2.75, 3.05) is 0 Å². The molecule has 0 heteroatoms. The highest BCUT2D eigenvalue weighted by atomic mass is 14.4. The van der Waals surface area contributed by atoms with Gasteiger partial charge in [0.25, 0.3) is 0 Å². The maximum atomic E-state index is 4.46. The molecule has 0 radical (unpaired) electrons. The summed E-state index contributed by atoms with van der Waals surface area (Å²) in [6, 6.07) is 16.0. The van der Waals surface area contributed by atoms with Crippen molar-refractivity contribution in [1.29, 1.82) is 0 Å². The van der Waals surface area contributed by atoms with Crippen LogP contribution in [0.5, 0.6) is 0 Å². The fraction of sp³-hybridized carbons (Fsp3) is 0.357. The summed E-state index contributed by atoms with van der Waals surface area (Å²) in [7, 11) is 0. The van der Waals surface area contributed by atoms with E-state index in [1.165, 1.54) is 63.8 Å². The van der Waals surface area contributed by atoms with Crippen LogP contribution in [0.15, 0.2) is 61.2 Å². The van der Waals surface area contributed by atoms with E-state index in [4.69, 9.17) is 0 Å². The molecule has 2 aromatic carbocycles. The lowest BCUT2D eigenvalue weighted by atomic mass is 9.66. The van der Waals surface area contributed by atoms with Crippen LogP contribution in [-0.2, 0) is 12.8 Å². The number of aryl methyl sites for hydroxylation is 1. The van der Waals surface area contributed by atoms with Gasteiger partial charge < -0.3 is 0 Å². The topological polar surface area (TPSA) is 0 Å². The van der Waals surface area contributed by atoms with Crippen LogP contribution < -0.4 is 0 Å². The molecule has 0 saturated carbocycles. The fourth-order valence-corrected chi connectivity index (χ4v) is 4.92. The summed E-state index contributed by atoms with van der Waals surface area (Å²) in [5, 5.41) is 0. The van der Waals surface area contributed by atoms with E-state index in [0.717, 1.165) is 19.3 Å². The highest BCUT2D eigenvalue weighted by Gasteiger charge is 2.33. The van der Waals surface area contributed by atoms with E-state index in [0.29, 0.717) is 5.41 Å². The lowest BCUT2D eigenvalue weighted by Crippen LogP contribution is -2.26. The standard InChI is InChI=1S/C28H32/c1-5-21-9-8-10-22(15-21)23-11-12-24(16-23)25-13-14-26-19-28(6-2,7-3)18-20(4)27(26)17-25/h8-11,13-17H,4-7,12,18-19H2,1-3H3. The smallest absolute Gasteiger partial charge is 0.00821 e. The number of allylic oxidation sites excluding steroid dienone is 5. The third-order valence-electron chi connectivity index (χ3n) is 7.06. The summed E-state index contributed by atoms with van der Waals surface area (Å²) < 4.78 is 0. The molecular weight excluding hydrogens is 336 g/mol. The molecule has 0 amide bonds. The quantitative estimate of drug-likeness (QED) is 0.503. The van der Waals surface area contributed by atoms with Crippen molar-refractivity contribution >= 4 is 16.7 Å². The van der Waals surface area contributed by atoms with Crippen molar-refractivity contribution in [2.24, 2.45) is 5.41 Å². The number of rotatable bonds is 5. The zero-order valence-corrected chi connectivity index (χ0v) is 17.6. The third-order valence-corrected chi connectivity index (χ3v) is 7.06. The van der Waals surface area contributed by atoms with Crippen LogP contribution in [0.1, 0.15) is 74.3 Å². The largest absolute Gasteiger partial charge is 0.0952 e. The Labute approximate surface area is 170 Å². The van der Waals surface area contributed by atoms with E-state index >= 15 is 0 Å².